The highest BCUT2D eigenvalue weighted by molar-refractivity contribution is 5.85. The molecule has 1 aromatic heterocycles. The molecule has 2 N–H and O–H groups in total. The van der Waals surface area contributed by atoms with Gasteiger partial charge in [0.15, 0.2) is 0 Å². The summed E-state index contributed by atoms with van der Waals surface area (Å²) in [6.07, 6.45) is 4.98. The largest absolute Gasteiger partial charge is 0.357 e. The predicted octanol–water partition coefficient (Wildman–Crippen LogP) is 1.30. The number of hydrogen-bond acceptors (Lipinski definition) is 4. The lowest BCUT2D eigenvalue weighted by molar-refractivity contribution is -0.121. The predicted molar refractivity (Wildman–Crippen MR) is 80.7 cm³/mol. The molecular formula is C15H24N4O. The van der Waals surface area contributed by atoms with Gasteiger partial charge in [-0.3, -0.25) is 4.79 Å². The number of carbonyl (C=O) groups is 1. The molecule has 1 aliphatic heterocycles. The van der Waals surface area contributed by atoms with Crippen LogP contribution in [0.15, 0.2) is 18.3 Å². The lowest BCUT2D eigenvalue weighted by atomic mass is 10.2. The number of pyridine rings is 1. The number of rotatable bonds is 6. The normalized spacial score (nSPS) is 18.3. The third kappa shape index (κ3) is 3.48. The topological polar surface area (TPSA) is 57.3 Å². The SMILES string of the molecule is CCCNCc1ccc(N2CCCC2C(=O)NC)nc1. The summed E-state index contributed by atoms with van der Waals surface area (Å²) in [5, 5.41) is 6.09. The standard InChI is InChI=1S/C15H24N4O/c1-3-8-17-10-12-6-7-14(18-11-12)19-9-4-5-13(19)15(20)16-2/h6-7,11,13,17H,3-5,8-10H2,1-2H3,(H,16,20). The number of likely N-dealkylation sites (N-methyl/N-ethyl adjacent to an activating group) is 1. The van der Waals surface area contributed by atoms with Crippen LogP contribution in [0.4, 0.5) is 5.82 Å². The van der Waals surface area contributed by atoms with E-state index in [1.54, 1.807) is 7.05 Å². The first-order chi connectivity index (χ1) is 9.76. The van der Waals surface area contributed by atoms with E-state index in [1.807, 2.05) is 12.3 Å². The summed E-state index contributed by atoms with van der Waals surface area (Å²) in [7, 11) is 1.69. The zero-order valence-electron chi connectivity index (χ0n) is 12.4. The molecule has 1 saturated heterocycles. The van der Waals surface area contributed by atoms with E-state index in [2.05, 4.69) is 33.5 Å². The van der Waals surface area contributed by atoms with Crippen molar-refractivity contribution in [2.75, 3.05) is 25.0 Å². The Balaban J connectivity index is 2.00. The molecule has 1 unspecified atom stereocenters. The molecule has 0 bridgehead atoms. The molecule has 0 aliphatic carbocycles. The quantitative estimate of drug-likeness (QED) is 0.769. The highest BCUT2D eigenvalue weighted by Crippen LogP contribution is 2.23. The second-order valence-corrected chi connectivity index (χ2v) is 5.17. The first-order valence-electron chi connectivity index (χ1n) is 7.40. The molecule has 1 aromatic rings. The van der Waals surface area contributed by atoms with Gasteiger partial charge in [0, 0.05) is 26.3 Å². The first-order valence-corrected chi connectivity index (χ1v) is 7.40. The summed E-state index contributed by atoms with van der Waals surface area (Å²) in [5.74, 6) is 0.980. The van der Waals surface area contributed by atoms with E-state index in [1.165, 1.54) is 5.56 Å². The number of nitrogens with one attached hydrogen (secondary N) is 2. The van der Waals surface area contributed by atoms with E-state index in [0.29, 0.717) is 0 Å². The van der Waals surface area contributed by atoms with E-state index < -0.39 is 0 Å². The van der Waals surface area contributed by atoms with Gasteiger partial charge in [0.2, 0.25) is 5.91 Å². The molecule has 1 aliphatic rings. The Hall–Kier alpha value is -1.62. The van der Waals surface area contributed by atoms with Crippen LogP contribution < -0.4 is 15.5 Å². The van der Waals surface area contributed by atoms with Gasteiger partial charge in [0.05, 0.1) is 0 Å². The summed E-state index contributed by atoms with van der Waals surface area (Å²) in [6, 6.07) is 4.03. The van der Waals surface area contributed by atoms with Gasteiger partial charge in [0.1, 0.15) is 11.9 Å². The van der Waals surface area contributed by atoms with Crippen LogP contribution in [0, 0.1) is 0 Å². The molecule has 20 heavy (non-hydrogen) atoms. The molecule has 0 aromatic carbocycles. The number of aromatic nitrogens is 1. The lowest BCUT2D eigenvalue weighted by Gasteiger charge is -2.24. The van der Waals surface area contributed by atoms with Gasteiger partial charge in [-0.2, -0.15) is 0 Å². The molecule has 0 spiro atoms. The molecule has 1 atom stereocenters. The molecule has 5 heteroatoms. The van der Waals surface area contributed by atoms with Crippen molar-refractivity contribution >= 4 is 11.7 Å². The fourth-order valence-electron chi connectivity index (χ4n) is 2.58. The van der Waals surface area contributed by atoms with Crippen molar-refractivity contribution in [3.05, 3.63) is 23.9 Å². The molecule has 110 valence electrons. The summed E-state index contributed by atoms with van der Waals surface area (Å²) >= 11 is 0. The first kappa shape index (κ1) is 14.8. The minimum Gasteiger partial charge on any atom is -0.357 e. The molecule has 1 amide bonds. The highest BCUT2D eigenvalue weighted by atomic mass is 16.2. The van der Waals surface area contributed by atoms with Crippen LogP contribution in [0.1, 0.15) is 31.7 Å². The van der Waals surface area contributed by atoms with E-state index in [4.69, 9.17) is 0 Å². The zero-order chi connectivity index (χ0) is 14.4. The van der Waals surface area contributed by atoms with Gasteiger partial charge >= 0.3 is 0 Å². The van der Waals surface area contributed by atoms with Gasteiger partial charge in [-0.05, 0) is 37.4 Å². The molecule has 2 heterocycles. The van der Waals surface area contributed by atoms with Gasteiger partial charge in [-0.15, -0.1) is 0 Å². The number of amides is 1. The van der Waals surface area contributed by atoms with Crippen LogP contribution >= 0.6 is 0 Å². The maximum absolute atomic E-state index is 11.8. The van der Waals surface area contributed by atoms with Crippen molar-refractivity contribution in [1.29, 1.82) is 0 Å². The van der Waals surface area contributed by atoms with Crippen molar-refractivity contribution in [3.8, 4) is 0 Å². The maximum Gasteiger partial charge on any atom is 0.242 e. The maximum atomic E-state index is 11.8. The van der Waals surface area contributed by atoms with E-state index in [-0.39, 0.29) is 11.9 Å². The fraction of sp³-hybridized carbons (Fsp3) is 0.600. The molecular weight excluding hydrogens is 252 g/mol. The summed E-state index contributed by atoms with van der Waals surface area (Å²) in [5.41, 5.74) is 1.18. The Bertz CT molecular complexity index is 432. The van der Waals surface area contributed by atoms with Gasteiger partial charge in [-0.25, -0.2) is 4.98 Å². The molecule has 5 nitrogen and oxygen atoms in total. The number of nitrogens with zero attached hydrogens (tertiary/aromatic N) is 2. The van der Waals surface area contributed by atoms with Crippen LogP contribution in [0.5, 0.6) is 0 Å². The van der Waals surface area contributed by atoms with Crippen LogP contribution in [-0.4, -0.2) is 37.1 Å². The molecule has 1 fully saturated rings. The Kier molecular flexibility index (Phi) is 5.35. The highest BCUT2D eigenvalue weighted by Gasteiger charge is 2.30. The number of carbonyl (C=O) groups excluding carboxylic acids is 1. The second kappa shape index (κ2) is 7.24. The minimum absolute atomic E-state index is 0.0726. The van der Waals surface area contributed by atoms with Crippen LogP contribution in [0.3, 0.4) is 0 Å². The minimum atomic E-state index is -0.0726. The zero-order valence-corrected chi connectivity index (χ0v) is 12.4. The van der Waals surface area contributed by atoms with Gasteiger partial charge in [-0.1, -0.05) is 13.0 Å². The van der Waals surface area contributed by atoms with Crippen molar-refractivity contribution in [2.45, 2.75) is 38.8 Å². The summed E-state index contributed by atoms with van der Waals surface area (Å²) in [4.78, 5) is 18.5. The fourth-order valence-corrected chi connectivity index (χ4v) is 2.58. The number of hydrogen-bond donors (Lipinski definition) is 2. The van der Waals surface area contributed by atoms with E-state index in [0.717, 1.165) is 44.7 Å². The second-order valence-electron chi connectivity index (χ2n) is 5.17. The van der Waals surface area contributed by atoms with Crippen LogP contribution in [0.25, 0.3) is 0 Å². The lowest BCUT2D eigenvalue weighted by Crippen LogP contribution is -2.42. The summed E-state index contributed by atoms with van der Waals surface area (Å²) in [6.45, 7) is 4.92. The van der Waals surface area contributed by atoms with Gasteiger partial charge < -0.3 is 15.5 Å². The molecule has 0 saturated carbocycles. The van der Waals surface area contributed by atoms with Crippen molar-refractivity contribution < 1.29 is 4.79 Å². The molecule has 2 rings (SSSR count). The Morgan fingerprint density at radius 1 is 1.50 bits per heavy atom. The third-order valence-electron chi connectivity index (χ3n) is 3.66. The van der Waals surface area contributed by atoms with Crippen LogP contribution in [0.2, 0.25) is 0 Å². The van der Waals surface area contributed by atoms with Crippen molar-refractivity contribution in [3.63, 3.8) is 0 Å². The Morgan fingerprint density at radius 3 is 3.00 bits per heavy atom. The Labute approximate surface area is 120 Å². The third-order valence-corrected chi connectivity index (χ3v) is 3.66. The van der Waals surface area contributed by atoms with Gasteiger partial charge in [0.25, 0.3) is 0 Å². The van der Waals surface area contributed by atoms with Crippen molar-refractivity contribution in [2.24, 2.45) is 0 Å². The summed E-state index contributed by atoms with van der Waals surface area (Å²) < 4.78 is 0. The van der Waals surface area contributed by atoms with Crippen LogP contribution in [-0.2, 0) is 11.3 Å². The monoisotopic (exact) mass is 276 g/mol. The Morgan fingerprint density at radius 2 is 2.35 bits per heavy atom. The average Bonchev–Trinajstić information content (AvgIpc) is 2.97. The number of anilines is 1. The molecule has 0 radical (unpaired) electrons. The van der Waals surface area contributed by atoms with E-state index >= 15 is 0 Å². The smallest absolute Gasteiger partial charge is 0.242 e. The van der Waals surface area contributed by atoms with Crippen molar-refractivity contribution in [1.82, 2.24) is 15.6 Å². The average molecular weight is 276 g/mol. The van der Waals surface area contributed by atoms with E-state index in [9.17, 15) is 4.79 Å².